The molecule has 0 spiro atoms. The molecule has 2 amide bonds. The van der Waals surface area contributed by atoms with E-state index in [0.29, 0.717) is 11.4 Å². The van der Waals surface area contributed by atoms with Crippen LogP contribution in [0.15, 0.2) is 83.5 Å². The van der Waals surface area contributed by atoms with Gasteiger partial charge in [-0.1, -0.05) is 24.3 Å². The van der Waals surface area contributed by atoms with E-state index in [1.165, 1.54) is 12.3 Å². The predicted molar refractivity (Wildman–Crippen MR) is 142 cm³/mol. The van der Waals surface area contributed by atoms with Crippen LogP contribution in [0.3, 0.4) is 0 Å². The van der Waals surface area contributed by atoms with Crippen LogP contribution in [0.2, 0.25) is 0 Å². The molecule has 8 nitrogen and oxygen atoms in total. The summed E-state index contributed by atoms with van der Waals surface area (Å²) in [6, 6.07) is 21.8. The van der Waals surface area contributed by atoms with E-state index >= 15 is 0 Å². The van der Waals surface area contributed by atoms with Crippen LogP contribution in [0.5, 0.6) is 0 Å². The second-order valence-corrected chi connectivity index (χ2v) is 8.58. The number of carbonyl (C=O) groups excluding carboxylic acids is 3. The quantitative estimate of drug-likeness (QED) is 0.279. The third-order valence-electron chi connectivity index (χ3n) is 6.17. The summed E-state index contributed by atoms with van der Waals surface area (Å²) in [6.45, 7) is 4.28. The Kier molecular flexibility index (Phi) is 6.47. The molecule has 37 heavy (non-hydrogen) atoms. The monoisotopic (exact) mass is 495 g/mol. The minimum Gasteiger partial charge on any atom is -0.459 e. The maximum absolute atomic E-state index is 12.6. The van der Waals surface area contributed by atoms with Gasteiger partial charge in [-0.2, -0.15) is 0 Å². The van der Waals surface area contributed by atoms with Crippen LogP contribution in [0.1, 0.15) is 33.4 Å². The number of rotatable bonds is 7. The highest BCUT2D eigenvalue weighted by Crippen LogP contribution is 2.31. The molecule has 8 heteroatoms. The molecule has 0 bridgehead atoms. The molecule has 5 rings (SSSR count). The third-order valence-corrected chi connectivity index (χ3v) is 6.17. The number of aromatic nitrogens is 1. The van der Waals surface area contributed by atoms with Gasteiger partial charge in [0.25, 0.3) is 11.8 Å². The van der Waals surface area contributed by atoms with Crippen LogP contribution in [0, 0.1) is 6.92 Å². The Bertz CT molecular complexity index is 1630. The predicted octanol–water partition coefficient (Wildman–Crippen LogP) is 5.76. The third kappa shape index (κ3) is 4.81. The van der Waals surface area contributed by atoms with Crippen LogP contribution in [-0.4, -0.2) is 29.0 Å². The molecule has 0 aliphatic carbocycles. The molecule has 0 fully saturated rings. The molecule has 0 atom stereocenters. The first kappa shape index (κ1) is 23.9. The summed E-state index contributed by atoms with van der Waals surface area (Å²) < 4.78 is 12.6. The molecule has 2 aromatic heterocycles. The number of ether oxygens (including phenoxy) is 1. The van der Waals surface area contributed by atoms with E-state index in [1.54, 1.807) is 31.2 Å². The summed E-state index contributed by atoms with van der Waals surface area (Å²) in [5.74, 6) is -1.41. The van der Waals surface area contributed by atoms with Crippen molar-refractivity contribution in [2.45, 2.75) is 20.4 Å². The Morgan fingerprint density at radius 1 is 0.892 bits per heavy atom. The van der Waals surface area contributed by atoms with Crippen LogP contribution in [0.4, 0.5) is 11.4 Å². The van der Waals surface area contributed by atoms with Crippen molar-refractivity contribution < 1.29 is 23.5 Å². The maximum atomic E-state index is 12.6. The Morgan fingerprint density at radius 3 is 2.49 bits per heavy atom. The van der Waals surface area contributed by atoms with Gasteiger partial charge in [-0.15, -0.1) is 0 Å². The fourth-order valence-corrected chi connectivity index (χ4v) is 4.36. The fourth-order valence-electron chi connectivity index (χ4n) is 4.36. The van der Waals surface area contributed by atoms with E-state index < -0.39 is 24.4 Å². The van der Waals surface area contributed by atoms with Gasteiger partial charge in [0.15, 0.2) is 12.4 Å². The highest BCUT2D eigenvalue weighted by atomic mass is 16.5. The lowest BCUT2D eigenvalue weighted by molar-refractivity contribution is -0.119. The molecule has 3 aromatic carbocycles. The highest BCUT2D eigenvalue weighted by molar-refractivity contribution is 6.10. The molecule has 0 radical (unpaired) electrons. The average Bonchev–Trinajstić information content (AvgIpc) is 3.55. The number of benzene rings is 3. The van der Waals surface area contributed by atoms with Crippen LogP contribution in [-0.2, 0) is 16.1 Å². The van der Waals surface area contributed by atoms with Crippen molar-refractivity contribution in [1.29, 1.82) is 0 Å². The van der Waals surface area contributed by atoms with Gasteiger partial charge in [-0.25, -0.2) is 4.79 Å². The molecule has 2 N–H and O–H groups in total. The van der Waals surface area contributed by atoms with E-state index in [0.717, 1.165) is 33.9 Å². The Balaban J connectivity index is 1.25. The number of carbonyl (C=O) groups is 3. The topological polar surface area (TPSA) is 103 Å². The zero-order valence-corrected chi connectivity index (χ0v) is 20.4. The fraction of sp³-hybridized carbons (Fsp3) is 0.138. The molecule has 5 aromatic rings. The number of fused-ring (bicyclic) bond motifs is 3. The van der Waals surface area contributed by atoms with Gasteiger partial charge in [-0.3, -0.25) is 9.59 Å². The minimum absolute atomic E-state index is 0.154. The highest BCUT2D eigenvalue weighted by Gasteiger charge is 2.16. The van der Waals surface area contributed by atoms with E-state index in [4.69, 9.17) is 9.15 Å². The summed E-state index contributed by atoms with van der Waals surface area (Å²) in [4.78, 5) is 37.4. The number of furan rings is 1. The van der Waals surface area contributed by atoms with Crippen LogP contribution >= 0.6 is 0 Å². The van der Waals surface area contributed by atoms with Gasteiger partial charge >= 0.3 is 5.97 Å². The zero-order valence-electron chi connectivity index (χ0n) is 20.4. The first-order valence-corrected chi connectivity index (χ1v) is 11.9. The SMILES string of the molecule is CCn1c2ccccc2c2cc(NC(=O)COC(=O)c3ccc(C)c(NC(=O)c4ccco4)c3)ccc21. The Morgan fingerprint density at radius 2 is 1.70 bits per heavy atom. The second-order valence-electron chi connectivity index (χ2n) is 8.58. The first-order valence-electron chi connectivity index (χ1n) is 11.9. The number of nitrogens with one attached hydrogen (secondary N) is 2. The largest absolute Gasteiger partial charge is 0.459 e. The number of aryl methyl sites for hydroxylation is 2. The smallest absolute Gasteiger partial charge is 0.338 e. The number of esters is 1. The molecule has 0 saturated carbocycles. The van der Waals surface area contributed by atoms with Crippen molar-refractivity contribution in [1.82, 2.24) is 4.57 Å². The van der Waals surface area contributed by atoms with E-state index in [-0.39, 0.29) is 11.3 Å². The van der Waals surface area contributed by atoms with Gasteiger partial charge in [0.05, 0.1) is 11.8 Å². The number of anilines is 2. The lowest BCUT2D eigenvalue weighted by Gasteiger charge is -2.10. The first-order chi connectivity index (χ1) is 17.9. The molecular weight excluding hydrogens is 470 g/mol. The lowest BCUT2D eigenvalue weighted by atomic mass is 10.1. The van der Waals surface area contributed by atoms with Crippen LogP contribution in [0.25, 0.3) is 21.8 Å². The Hall–Kier alpha value is -4.85. The summed E-state index contributed by atoms with van der Waals surface area (Å²) in [5.41, 5.74) is 4.25. The van der Waals surface area contributed by atoms with Gasteiger partial charge in [-0.05, 0) is 67.9 Å². The van der Waals surface area contributed by atoms with E-state index in [1.807, 2.05) is 30.3 Å². The van der Waals surface area contributed by atoms with Crippen LogP contribution < -0.4 is 10.6 Å². The molecular formula is C29H25N3O5. The normalized spacial score (nSPS) is 11.0. The maximum Gasteiger partial charge on any atom is 0.338 e. The second kappa shape index (κ2) is 10.0. The molecule has 2 heterocycles. The summed E-state index contributed by atoms with van der Waals surface area (Å²) in [6.07, 6.45) is 1.40. The van der Waals surface area contributed by atoms with Crippen molar-refractivity contribution in [3.05, 3.63) is 95.9 Å². The zero-order chi connectivity index (χ0) is 25.9. The number of hydrogen-bond acceptors (Lipinski definition) is 5. The molecule has 0 aliphatic heterocycles. The standard InChI is InChI=1S/C29H25N3O5/c1-3-32-24-8-5-4-7-21(24)22-16-20(12-13-25(22)32)30-27(33)17-37-29(35)19-11-10-18(2)23(15-19)31-28(34)26-9-6-14-36-26/h4-16H,3,17H2,1-2H3,(H,30,33)(H,31,34). The summed E-state index contributed by atoms with van der Waals surface area (Å²) in [7, 11) is 0. The number of amides is 2. The van der Waals surface area contributed by atoms with Crippen molar-refractivity contribution in [3.8, 4) is 0 Å². The number of hydrogen-bond donors (Lipinski definition) is 2. The summed E-state index contributed by atoms with van der Waals surface area (Å²) >= 11 is 0. The average molecular weight is 496 g/mol. The van der Waals surface area contributed by atoms with Crippen molar-refractivity contribution in [3.63, 3.8) is 0 Å². The van der Waals surface area contributed by atoms with Gasteiger partial charge < -0.3 is 24.4 Å². The Labute approximate surface area is 212 Å². The van der Waals surface area contributed by atoms with Crippen molar-refractivity contribution in [2.24, 2.45) is 0 Å². The van der Waals surface area contributed by atoms with Gasteiger partial charge in [0, 0.05) is 39.7 Å². The number of nitrogens with zero attached hydrogens (tertiary/aromatic N) is 1. The molecule has 0 unspecified atom stereocenters. The molecule has 0 saturated heterocycles. The van der Waals surface area contributed by atoms with E-state index in [2.05, 4.69) is 34.3 Å². The molecule has 0 aliphatic rings. The van der Waals surface area contributed by atoms with Gasteiger partial charge in [0.1, 0.15) is 0 Å². The lowest BCUT2D eigenvalue weighted by Crippen LogP contribution is -2.21. The van der Waals surface area contributed by atoms with Crippen molar-refractivity contribution in [2.75, 3.05) is 17.2 Å². The summed E-state index contributed by atoms with van der Waals surface area (Å²) in [5, 5.41) is 7.66. The minimum atomic E-state index is -0.676. The molecule has 186 valence electrons. The van der Waals surface area contributed by atoms with Crippen molar-refractivity contribution >= 4 is 51.0 Å². The van der Waals surface area contributed by atoms with E-state index in [9.17, 15) is 14.4 Å². The number of para-hydroxylation sites is 1. The van der Waals surface area contributed by atoms with Gasteiger partial charge in [0.2, 0.25) is 0 Å².